The molecule has 0 aliphatic rings. The molecule has 0 saturated carbocycles. The zero-order valence-electron chi connectivity index (χ0n) is 12.0. The van der Waals surface area contributed by atoms with Crippen LogP contribution in [0.15, 0.2) is 53.4 Å². The predicted octanol–water partition coefficient (Wildman–Crippen LogP) is 5.67. The summed E-state index contributed by atoms with van der Waals surface area (Å²) < 4.78 is 49.1. The van der Waals surface area contributed by atoms with Crippen LogP contribution in [0.3, 0.4) is 0 Å². The SMILES string of the molecule is Cc1ccc(S(=O)C(Cl)C(Cl)c2ccc(C(F)(F)F)cc2)cc1. The number of aryl methyl sites for hydroxylation is 1. The van der Waals surface area contributed by atoms with Crippen molar-refractivity contribution in [3.8, 4) is 0 Å². The summed E-state index contributed by atoms with van der Waals surface area (Å²) >= 11 is 12.4. The minimum atomic E-state index is -4.41. The van der Waals surface area contributed by atoms with Crippen LogP contribution in [-0.2, 0) is 17.0 Å². The summed E-state index contributed by atoms with van der Waals surface area (Å²) in [5.41, 5.74) is 0.637. The molecule has 0 bridgehead atoms. The molecule has 0 fully saturated rings. The maximum atomic E-state index is 12.6. The summed E-state index contributed by atoms with van der Waals surface area (Å²) in [6.45, 7) is 1.90. The smallest absolute Gasteiger partial charge is 0.253 e. The van der Waals surface area contributed by atoms with Crippen molar-refractivity contribution in [1.82, 2.24) is 0 Å². The largest absolute Gasteiger partial charge is 0.416 e. The fourth-order valence-electron chi connectivity index (χ4n) is 1.92. The van der Waals surface area contributed by atoms with Crippen molar-refractivity contribution in [3.63, 3.8) is 0 Å². The molecule has 0 aliphatic carbocycles. The van der Waals surface area contributed by atoms with E-state index >= 15 is 0 Å². The lowest BCUT2D eigenvalue weighted by Gasteiger charge is -2.17. The molecule has 0 amide bonds. The molecule has 2 aromatic rings. The molecule has 0 aromatic heterocycles. The van der Waals surface area contributed by atoms with Crippen LogP contribution in [0.25, 0.3) is 0 Å². The van der Waals surface area contributed by atoms with Gasteiger partial charge < -0.3 is 0 Å². The summed E-state index contributed by atoms with van der Waals surface area (Å²) in [6, 6.07) is 11.4. The number of hydrogen-bond acceptors (Lipinski definition) is 1. The van der Waals surface area contributed by atoms with Crippen LogP contribution in [0, 0.1) is 6.92 Å². The maximum Gasteiger partial charge on any atom is 0.416 e. The van der Waals surface area contributed by atoms with E-state index in [-0.39, 0.29) is 0 Å². The maximum absolute atomic E-state index is 12.6. The molecular weight excluding hydrogens is 368 g/mol. The molecule has 0 spiro atoms. The van der Waals surface area contributed by atoms with Crippen molar-refractivity contribution in [2.24, 2.45) is 0 Å². The third-order valence-corrected chi connectivity index (χ3v) is 6.18. The van der Waals surface area contributed by atoms with E-state index in [0.717, 1.165) is 17.7 Å². The van der Waals surface area contributed by atoms with Crippen LogP contribution < -0.4 is 0 Å². The zero-order chi connectivity index (χ0) is 17.2. The van der Waals surface area contributed by atoms with Crippen molar-refractivity contribution in [2.75, 3.05) is 0 Å². The molecule has 124 valence electrons. The van der Waals surface area contributed by atoms with Crippen LogP contribution in [0.2, 0.25) is 0 Å². The van der Waals surface area contributed by atoms with E-state index in [0.29, 0.717) is 10.5 Å². The first-order valence-corrected chi connectivity index (χ1v) is 8.71. The first-order chi connectivity index (χ1) is 10.7. The van der Waals surface area contributed by atoms with Gasteiger partial charge in [0.1, 0.15) is 4.71 Å². The Labute approximate surface area is 144 Å². The Bertz CT molecular complexity index is 684. The average Bonchev–Trinajstić information content (AvgIpc) is 2.53. The highest BCUT2D eigenvalue weighted by Crippen LogP contribution is 2.35. The van der Waals surface area contributed by atoms with Gasteiger partial charge in [0.05, 0.1) is 21.7 Å². The zero-order valence-corrected chi connectivity index (χ0v) is 14.3. The topological polar surface area (TPSA) is 17.1 Å². The average molecular weight is 381 g/mol. The minimum Gasteiger partial charge on any atom is -0.253 e. The van der Waals surface area contributed by atoms with E-state index in [1.54, 1.807) is 24.3 Å². The van der Waals surface area contributed by atoms with E-state index in [4.69, 9.17) is 23.2 Å². The quantitative estimate of drug-likeness (QED) is 0.624. The summed E-state index contributed by atoms with van der Waals surface area (Å²) in [4.78, 5) is 0.521. The van der Waals surface area contributed by atoms with Gasteiger partial charge in [-0.15, -0.1) is 23.2 Å². The van der Waals surface area contributed by atoms with Gasteiger partial charge in [0.15, 0.2) is 0 Å². The minimum absolute atomic E-state index is 0.389. The molecule has 23 heavy (non-hydrogen) atoms. The first-order valence-electron chi connectivity index (χ1n) is 6.62. The Morgan fingerprint density at radius 3 is 1.96 bits per heavy atom. The molecular formula is C16H13Cl2F3OS. The third-order valence-electron chi connectivity index (χ3n) is 3.24. The second-order valence-electron chi connectivity index (χ2n) is 4.98. The molecule has 7 heteroatoms. The monoisotopic (exact) mass is 380 g/mol. The van der Waals surface area contributed by atoms with Crippen molar-refractivity contribution in [1.29, 1.82) is 0 Å². The summed E-state index contributed by atoms with van der Waals surface area (Å²) in [5.74, 6) is 0. The lowest BCUT2D eigenvalue weighted by Crippen LogP contribution is -2.15. The molecule has 0 heterocycles. The van der Waals surface area contributed by atoms with Crippen LogP contribution >= 0.6 is 23.2 Å². The van der Waals surface area contributed by atoms with E-state index < -0.39 is 32.6 Å². The number of hydrogen-bond donors (Lipinski definition) is 0. The highest BCUT2D eigenvalue weighted by atomic mass is 35.5. The molecule has 2 rings (SSSR count). The normalized spacial score (nSPS) is 15.9. The number of alkyl halides is 5. The Kier molecular flexibility index (Phi) is 5.76. The summed E-state index contributed by atoms with van der Waals surface area (Å²) in [6.07, 6.45) is -4.41. The number of rotatable bonds is 4. The lowest BCUT2D eigenvalue weighted by molar-refractivity contribution is -0.137. The van der Waals surface area contributed by atoms with Gasteiger partial charge in [0.2, 0.25) is 0 Å². The molecule has 0 saturated heterocycles. The van der Waals surface area contributed by atoms with E-state index in [9.17, 15) is 17.4 Å². The summed E-state index contributed by atoms with van der Waals surface area (Å²) in [5, 5.41) is -0.874. The van der Waals surface area contributed by atoms with Crippen molar-refractivity contribution < 1.29 is 17.4 Å². The number of halogens is 5. The van der Waals surface area contributed by atoms with Crippen molar-refractivity contribution in [2.45, 2.75) is 28.1 Å². The lowest BCUT2D eigenvalue weighted by atomic mass is 10.1. The molecule has 1 nitrogen and oxygen atoms in total. The van der Waals surface area contributed by atoms with Gasteiger partial charge in [0, 0.05) is 4.90 Å². The highest BCUT2D eigenvalue weighted by molar-refractivity contribution is 7.87. The molecule has 3 unspecified atom stereocenters. The van der Waals surface area contributed by atoms with Gasteiger partial charge in [-0.05, 0) is 36.8 Å². The van der Waals surface area contributed by atoms with E-state index in [1.807, 2.05) is 6.92 Å². The fourth-order valence-corrected chi connectivity index (χ4v) is 3.84. The van der Waals surface area contributed by atoms with Crippen LogP contribution in [0.1, 0.15) is 22.1 Å². The van der Waals surface area contributed by atoms with Crippen LogP contribution in [0.5, 0.6) is 0 Å². The Morgan fingerprint density at radius 2 is 1.48 bits per heavy atom. The second-order valence-corrected chi connectivity index (χ2v) is 7.76. The molecule has 0 radical (unpaired) electrons. The first kappa shape index (κ1) is 18.3. The highest BCUT2D eigenvalue weighted by Gasteiger charge is 2.31. The Hall–Kier alpha value is -1.04. The standard InChI is InChI=1S/C16H13Cl2F3OS/c1-10-2-8-13(9-3-10)23(22)15(18)14(17)11-4-6-12(7-5-11)16(19,20)21/h2-9,14-15H,1H3. The summed E-state index contributed by atoms with van der Waals surface area (Å²) in [7, 11) is -1.58. The van der Waals surface area contributed by atoms with E-state index in [2.05, 4.69) is 0 Å². The van der Waals surface area contributed by atoms with Crippen molar-refractivity contribution >= 4 is 34.0 Å². The third kappa shape index (κ3) is 4.49. The van der Waals surface area contributed by atoms with Gasteiger partial charge in [0.25, 0.3) is 0 Å². The van der Waals surface area contributed by atoms with Gasteiger partial charge in [-0.1, -0.05) is 29.8 Å². The predicted molar refractivity (Wildman–Crippen MR) is 87.3 cm³/mol. The number of benzene rings is 2. The van der Waals surface area contributed by atoms with Gasteiger partial charge in [-0.3, -0.25) is 4.21 Å². The second kappa shape index (κ2) is 7.24. The fraction of sp³-hybridized carbons (Fsp3) is 0.250. The molecule has 3 atom stereocenters. The van der Waals surface area contributed by atoms with Crippen molar-refractivity contribution in [3.05, 3.63) is 65.2 Å². The molecule has 0 aliphatic heterocycles. The van der Waals surface area contributed by atoms with Gasteiger partial charge >= 0.3 is 6.18 Å². The van der Waals surface area contributed by atoms with Crippen LogP contribution in [0.4, 0.5) is 13.2 Å². The molecule has 2 aromatic carbocycles. The van der Waals surface area contributed by atoms with Gasteiger partial charge in [-0.2, -0.15) is 13.2 Å². The molecule has 0 N–H and O–H groups in total. The van der Waals surface area contributed by atoms with E-state index in [1.165, 1.54) is 12.1 Å². The Morgan fingerprint density at radius 1 is 0.957 bits per heavy atom. The van der Waals surface area contributed by atoms with Gasteiger partial charge in [-0.25, -0.2) is 0 Å². The Balaban J connectivity index is 2.17. The van der Waals surface area contributed by atoms with Crippen LogP contribution in [-0.4, -0.2) is 8.92 Å².